The fourth-order valence-corrected chi connectivity index (χ4v) is 2.25. The second-order valence-corrected chi connectivity index (χ2v) is 5.02. The quantitative estimate of drug-likeness (QED) is 0.887. The molecule has 4 heteroatoms. The summed E-state index contributed by atoms with van der Waals surface area (Å²) in [7, 11) is 3.30. The standard InChI is InChI=1S/C18H20N2O2/c1-13(17-9-8-16(21-2)10-18(17)22-3)20-12-15-6-4-14(11-19)5-7-15/h4-10,13,20H,12H2,1-3H3/t13-/m1/s1. The van der Waals surface area contributed by atoms with Gasteiger partial charge in [-0.25, -0.2) is 0 Å². The molecule has 2 aromatic carbocycles. The third kappa shape index (κ3) is 3.78. The molecule has 2 rings (SSSR count). The van der Waals surface area contributed by atoms with E-state index in [0.717, 1.165) is 29.2 Å². The Bertz CT molecular complexity index is 660. The minimum absolute atomic E-state index is 0.136. The Hall–Kier alpha value is -2.51. The Kier molecular flexibility index (Phi) is 5.40. The van der Waals surface area contributed by atoms with Crippen molar-refractivity contribution < 1.29 is 9.47 Å². The second kappa shape index (κ2) is 7.48. The molecule has 0 radical (unpaired) electrons. The molecule has 0 saturated carbocycles. The summed E-state index contributed by atoms with van der Waals surface area (Å²) in [5.74, 6) is 1.58. The van der Waals surface area contributed by atoms with E-state index in [-0.39, 0.29) is 6.04 Å². The maximum atomic E-state index is 8.81. The van der Waals surface area contributed by atoms with Crippen molar-refractivity contribution in [2.75, 3.05) is 14.2 Å². The maximum absolute atomic E-state index is 8.81. The zero-order valence-electron chi connectivity index (χ0n) is 13.1. The van der Waals surface area contributed by atoms with E-state index >= 15 is 0 Å². The first-order chi connectivity index (χ1) is 10.7. The largest absolute Gasteiger partial charge is 0.497 e. The van der Waals surface area contributed by atoms with Crippen molar-refractivity contribution >= 4 is 0 Å². The Morgan fingerprint density at radius 3 is 2.41 bits per heavy atom. The van der Waals surface area contributed by atoms with Gasteiger partial charge in [0.05, 0.1) is 25.9 Å². The molecule has 0 fully saturated rings. The number of hydrogen-bond acceptors (Lipinski definition) is 4. The molecular weight excluding hydrogens is 276 g/mol. The van der Waals surface area contributed by atoms with Gasteiger partial charge in [0.25, 0.3) is 0 Å². The fourth-order valence-electron chi connectivity index (χ4n) is 2.25. The van der Waals surface area contributed by atoms with Crippen molar-refractivity contribution in [3.05, 3.63) is 59.2 Å². The van der Waals surface area contributed by atoms with Crippen LogP contribution >= 0.6 is 0 Å². The molecule has 0 bridgehead atoms. The van der Waals surface area contributed by atoms with E-state index in [0.29, 0.717) is 5.56 Å². The molecule has 0 amide bonds. The maximum Gasteiger partial charge on any atom is 0.127 e. The van der Waals surface area contributed by atoms with Crippen molar-refractivity contribution in [1.29, 1.82) is 5.26 Å². The predicted octanol–water partition coefficient (Wildman–Crippen LogP) is 3.43. The summed E-state index contributed by atoms with van der Waals surface area (Å²) < 4.78 is 10.7. The number of hydrogen-bond donors (Lipinski definition) is 1. The number of nitrogens with one attached hydrogen (secondary N) is 1. The van der Waals surface area contributed by atoms with Crippen LogP contribution in [0.5, 0.6) is 11.5 Å². The molecule has 4 nitrogen and oxygen atoms in total. The lowest BCUT2D eigenvalue weighted by atomic mass is 10.1. The van der Waals surface area contributed by atoms with Gasteiger partial charge in [0.2, 0.25) is 0 Å². The van der Waals surface area contributed by atoms with E-state index in [4.69, 9.17) is 14.7 Å². The molecule has 0 spiro atoms. The zero-order valence-corrected chi connectivity index (χ0v) is 13.1. The van der Waals surface area contributed by atoms with Crippen molar-refractivity contribution in [3.63, 3.8) is 0 Å². The number of nitrogens with zero attached hydrogens (tertiary/aromatic N) is 1. The number of rotatable bonds is 6. The topological polar surface area (TPSA) is 54.3 Å². The molecule has 0 aliphatic rings. The molecular formula is C18H20N2O2. The lowest BCUT2D eigenvalue weighted by Gasteiger charge is -2.18. The molecule has 1 atom stereocenters. The molecule has 114 valence electrons. The normalized spacial score (nSPS) is 11.5. The molecule has 22 heavy (non-hydrogen) atoms. The van der Waals surface area contributed by atoms with E-state index < -0.39 is 0 Å². The predicted molar refractivity (Wildman–Crippen MR) is 86.0 cm³/mol. The third-order valence-corrected chi connectivity index (χ3v) is 3.60. The van der Waals surface area contributed by atoms with Crippen LogP contribution in [0.2, 0.25) is 0 Å². The van der Waals surface area contributed by atoms with Crippen LogP contribution in [0.4, 0.5) is 0 Å². The first-order valence-electron chi connectivity index (χ1n) is 7.12. The molecule has 2 aromatic rings. The van der Waals surface area contributed by atoms with Crippen LogP contribution < -0.4 is 14.8 Å². The van der Waals surface area contributed by atoms with Gasteiger partial charge in [-0.1, -0.05) is 18.2 Å². The van der Waals surface area contributed by atoms with Gasteiger partial charge in [0, 0.05) is 24.2 Å². The highest BCUT2D eigenvalue weighted by Gasteiger charge is 2.12. The molecule has 1 N–H and O–H groups in total. The summed E-state index contributed by atoms with van der Waals surface area (Å²) in [6, 6.07) is 15.7. The molecule has 0 aliphatic carbocycles. The van der Waals surface area contributed by atoms with Crippen molar-refractivity contribution in [1.82, 2.24) is 5.32 Å². The Morgan fingerprint density at radius 2 is 1.82 bits per heavy atom. The van der Waals surface area contributed by atoms with Crippen LogP contribution in [-0.4, -0.2) is 14.2 Å². The van der Waals surface area contributed by atoms with Gasteiger partial charge < -0.3 is 14.8 Å². The lowest BCUT2D eigenvalue weighted by molar-refractivity contribution is 0.386. The van der Waals surface area contributed by atoms with E-state index in [2.05, 4.69) is 18.3 Å². The van der Waals surface area contributed by atoms with Gasteiger partial charge in [0.1, 0.15) is 11.5 Å². The minimum atomic E-state index is 0.136. The van der Waals surface area contributed by atoms with Gasteiger partial charge >= 0.3 is 0 Å². The van der Waals surface area contributed by atoms with Gasteiger partial charge in [-0.15, -0.1) is 0 Å². The van der Waals surface area contributed by atoms with E-state index in [1.165, 1.54) is 0 Å². The van der Waals surface area contributed by atoms with Crippen LogP contribution in [-0.2, 0) is 6.54 Å². The number of benzene rings is 2. The number of ether oxygens (including phenoxy) is 2. The highest BCUT2D eigenvalue weighted by atomic mass is 16.5. The number of nitriles is 1. The summed E-state index contributed by atoms with van der Waals surface area (Å²) in [5, 5.41) is 12.3. The highest BCUT2D eigenvalue weighted by Crippen LogP contribution is 2.29. The van der Waals surface area contributed by atoms with E-state index in [1.54, 1.807) is 14.2 Å². The van der Waals surface area contributed by atoms with Crippen molar-refractivity contribution in [2.45, 2.75) is 19.5 Å². The summed E-state index contributed by atoms with van der Waals surface area (Å²) >= 11 is 0. The van der Waals surface area contributed by atoms with E-state index in [1.807, 2.05) is 42.5 Å². The van der Waals surface area contributed by atoms with Crippen LogP contribution in [0.15, 0.2) is 42.5 Å². The Morgan fingerprint density at radius 1 is 1.09 bits per heavy atom. The Balaban J connectivity index is 2.05. The zero-order chi connectivity index (χ0) is 15.9. The summed E-state index contributed by atoms with van der Waals surface area (Å²) in [6.45, 7) is 2.82. The summed E-state index contributed by atoms with van der Waals surface area (Å²) in [4.78, 5) is 0. The third-order valence-electron chi connectivity index (χ3n) is 3.60. The Labute approximate surface area is 131 Å². The highest BCUT2D eigenvalue weighted by molar-refractivity contribution is 5.42. The van der Waals surface area contributed by atoms with Gasteiger partial charge in [0.15, 0.2) is 0 Å². The van der Waals surface area contributed by atoms with Crippen LogP contribution in [0.3, 0.4) is 0 Å². The molecule has 0 aliphatic heterocycles. The first-order valence-corrected chi connectivity index (χ1v) is 7.12. The SMILES string of the molecule is COc1ccc([C@@H](C)NCc2ccc(C#N)cc2)c(OC)c1. The van der Waals surface area contributed by atoms with Crippen LogP contribution in [0.25, 0.3) is 0 Å². The molecule has 0 saturated heterocycles. The van der Waals surface area contributed by atoms with Gasteiger partial charge in [-0.2, -0.15) is 5.26 Å². The fraction of sp³-hybridized carbons (Fsp3) is 0.278. The minimum Gasteiger partial charge on any atom is -0.497 e. The van der Waals surface area contributed by atoms with Crippen LogP contribution in [0.1, 0.15) is 29.7 Å². The molecule has 0 heterocycles. The summed E-state index contributed by atoms with van der Waals surface area (Å²) in [6.07, 6.45) is 0. The molecule has 0 aromatic heterocycles. The van der Waals surface area contributed by atoms with Crippen molar-refractivity contribution in [3.8, 4) is 17.6 Å². The molecule has 0 unspecified atom stereocenters. The van der Waals surface area contributed by atoms with Gasteiger partial charge in [-0.05, 0) is 30.7 Å². The first kappa shape index (κ1) is 15.9. The van der Waals surface area contributed by atoms with Gasteiger partial charge in [-0.3, -0.25) is 0 Å². The smallest absolute Gasteiger partial charge is 0.127 e. The number of methoxy groups -OCH3 is 2. The van der Waals surface area contributed by atoms with Crippen LogP contribution in [0, 0.1) is 11.3 Å². The second-order valence-electron chi connectivity index (χ2n) is 5.02. The monoisotopic (exact) mass is 296 g/mol. The summed E-state index contributed by atoms with van der Waals surface area (Å²) in [5.41, 5.74) is 2.89. The average molecular weight is 296 g/mol. The lowest BCUT2D eigenvalue weighted by Crippen LogP contribution is -2.18. The van der Waals surface area contributed by atoms with E-state index in [9.17, 15) is 0 Å². The van der Waals surface area contributed by atoms with Crippen molar-refractivity contribution in [2.24, 2.45) is 0 Å². The average Bonchev–Trinajstić information content (AvgIpc) is 2.59.